The van der Waals surface area contributed by atoms with Crippen LogP contribution in [0.3, 0.4) is 0 Å². The number of nitrogens with one attached hydrogen (secondary N) is 2. The Morgan fingerprint density at radius 3 is 2.32 bits per heavy atom. The Bertz CT molecular complexity index is 1060. The maximum absolute atomic E-state index is 14.8. The van der Waals surface area contributed by atoms with Gasteiger partial charge >= 0.3 is 6.09 Å². The molecule has 0 spiro atoms. The highest BCUT2D eigenvalue weighted by molar-refractivity contribution is 5.98. The molecule has 2 aromatic carbocycles. The summed E-state index contributed by atoms with van der Waals surface area (Å²) in [5, 5.41) is 5.72. The molecule has 2 N–H and O–H groups in total. The number of ether oxygens (including phenoxy) is 3. The molecule has 0 radical (unpaired) electrons. The topological polar surface area (TPSA) is 85.9 Å². The fourth-order valence-corrected chi connectivity index (χ4v) is 3.73. The minimum atomic E-state index is -0.763. The van der Waals surface area contributed by atoms with Crippen molar-refractivity contribution in [1.82, 2.24) is 10.6 Å². The lowest BCUT2D eigenvalue weighted by Gasteiger charge is -2.28. The number of alkyl carbamates (subject to hydrolysis) is 1. The van der Waals surface area contributed by atoms with Gasteiger partial charge in [0.25, 0.3) is 5.91 Å². The van der Waals surface area contributed by atoms with Gasteiger partial charge in [0, 0.05) is 43.4 Å². The maximum atomic E-state index is 14.8. The van der Waals surface area contributed by atoms with E-state index >= 15 is 0 Å². The summed E-state index contributed by atoms with van der Waals surface area (Å²) in [6.45, 7) is 12.1. The Labute approximate surface area is 220 Å². The third-order valence-corrected chi connectivity index (χ3v) is 5.41. The molecule has 0 heterocycles. The molecule has 2 rings (SSSR count). The third kappa shape index (κ3) is 9.69. The Kier molecular flexibility index (Phi) is 10.9. The second kappa shape index (κ2) is 13.4. The van der Waals surface area contributed by atoms with E-state index < -0.39 is 17.2 Å². The summed E-state index contributed by atoms with van der Waals surface area (Å²) in [7, 11) is 1.62. The van der Waals surface area contributed by atoms with Crippen molar-refractivity contribution in [3.8, 4) is 16.9 Å². The van der Waals surface area contributed by atoms with Crippen LogP contribution < -0.4 is 15.4 Å². The van der Waals surface area contributed by atoms with E-state index in [1.165, 1.54) is 6.07 Å². The summed E-state index contributed by atoms with van der Waals surface area (Å²) in [4.78, 5) is 25.6. The van der Waals surface area contributed by atoms with E-state index in [1.54, 1.807) is 52.1 Å². The highest BCUT2D eigenvalue weighted by Gasteiger charge is 2.26. The van der Waals surface area contributed by atoms with E-state index in [1.807, 2.05) is 26.8 Å². The van der Waals surface area contributed by atoms with Crippen LogP contribution in [0.25, 0.3) is 11.1 Å². The molecule has 2 amide bonds. The number of rotatable bonds is 12. The number of carbonyl (C=O) groups is 2. The molecule has 0 aliphatic heterocycles. The zero-order valence-corrected chi connectivity index (χ0v) is 23.1. The number of hydrogen-bond acceptors (Lipinski definition) is 5. The number of carbonyl (C=O) groups excluding carboxylic acids is 2. The quantitative estimate of drug-likeness (QED) is 0.344. The molecule has 7 nitrogen and oxygen atoms in total. The van der Waals surface area contributed by atoms with Crippen molar-refractivity contribution in [1.29, 1.82) is 0 Å². The first-order valence-corrected chi connectivity index (χ1v) is 12.7. The molecule has 0 unspecified atom stereocenters. The first-order valence-electron chi connectivity index (χ1n) is 12.7. The van der Waals surface area contributed by atoms with Gasteiger partial charge in [0.05, 0.1) is 12.1 Å². The minimum Gasteiger partial charge on any atom is -0.493 e. The fraction of sp³-hybridized carbons (Fsp3) is 0.517. The van der Waals surface area contributed by atoms with Crippen LogP contribution in [0.2, 0.25) is 0 Å². The van der Waals surface area contributed by atoms with Crippen LogP contribution in [0.1, 0.15) is 70.3 Å². The summed E-state index contributed by atoms with van der Waals surface area (Å²) in [6.07, 6.45) is 1.52. The lowest BCUT2D eigenvalue weighted by Crippen LogP contribution is -2.52. The summed E-state index contributed by atoms with van der Waals surface area (Å²) >= 11 is 0. The molecule has 0 saturated carbocycles. The van der Waals surface area contributed by atoms with Crippen molar-refractivity contribution < 1.29 is 28.2 Å². The predicted octanol–water partition coefficient (Wildman–Crippen LogP) is 5.89. The molecule has 0 fully saturated rings. The van der Waals surface area contributed by atoms with Gasteiger partial charge in [-0.05, 0) is 64.8 Å². The van der Waals surface area contributed by atoms with E-state index in [9.17, 15) is 14.0 Å². The number of benzene rings is 2. The number of methoxy groups -OCH3 is 1. The Morgan fingerprint density at radius 2 is 1.70 bits per heavy atom. The van der Waals surface area contributed by atoms with Crippen molar-refractivity contribution in [3.63, 3.8) is 0 Å². The van der Waals surface area contributed by atoms with E-state index in [4.69, 9.17) is 14.2 Å². The van der Waals surface area contributed by atoms with Gasteiger partial charge in [-0.2, -0.15) is 0 Å². The van der Waals surface area contributed by atoms with Crippen LogP contribution in [0, 0.1) is 5.82 Å². The maximum Gasteiger partial charge on any atom is 0.407 e. The Morgan fingerprint density at radius 1 is 1.00 bits per heavy atom. The molecule has 0 saturated heterocycles. The smallest absolute Gasteiger partial charge is 0.407 e. The van der Waals surface area contributed by atoms with Crippen LogP contribution in [0.4, 0.5) is 9.18 Å². The second-order valence-corrected chi connectivity index (χ2v) is 10.6. The van der Waals surface area contributed by atoms with Crippen molar-refractivity contribution in [2.24, 2.45) is 0 Å². The average Bonchev–Trinajstić information content (AvgIpc) is 2.80. The molecule has 204 valence electrons. The third-order valence-electron chi connectivity index (χ3n) is 5.41. The lowest BCUT2D eigenvalue weighted by molar-refractivity contribution is 0.0509. The van der Waals surface area contributed by atoms with Gasteiger partial charge < -0.3 is 24.8 Å². The second-order valence-electron chi connectivity index (χ2n) is 10.6. The van der Waals surface area contributed by atoms with Crippen LogP contribution in [-0.4, -0.2) is 50.0 Å². The summed E-state index contributed by atoms with van der Waals surface area (Å²) in [6, 6.07) is 10.0. The van der Waals surface area contributed by atoms with E-state index in [0.29, 0.717) is 48.5 Å². The zero-order valence-electron chi connectivity index (χ0n) is 23.1. The van der Waals surface area contributed by atoms with E-state index in [0.717, 1.165) is 12.0 Å². The fourth-order valence-electron chi connectivity index (χ4n) is 3.73. The number of amides is 2. The first kappa shape index (κ1) is 30.1. The van der Waals surface area contributed by atoms with Crippen molar-refractivity contribution in [2.75, 3.05) is 26.9 Å². The van der Waals surface area contributed by atoms with Gasteiger partial charge in [0.2, 0.25) is 0 Å². The van der Waals surface area contributed by atoms with Gasteiger partial charge in [0.1, 0.15) is 17.2 Å². The number of hydrogen-bond donors (Lipinski definition) is 2. The number of halogens is 1. The van der Waals surface area contributed by atoms with Gasteiger partial charge in [-0.1, -0.05) is 31.5 Å². The standard InChI is InChI=1S/C29H41FN2O5/c1-8-12-20-17-23(21-13-9-10-14-24(21)30)25(36-16-11-15-35-7)18-22(20)26(33)32-29(5,6)19-31-27(34)37-28(2,3)4/h9-10,13-14,17-18H,8,11-12,15-16,19H2,1-7H3,(H,31,34)(H,32,33). The molecular formula is C29H41FN2O5. The van der Waals surface area contributed by atoms with Crippen molar-refractivity contribution in [2.45, 2.75) is 71.9 Å². The molecule has 2 aromatic rings. The summed E-state index contributed by atoms with van der Waals surface area (Å²) < 4.78 is 31.2. The predicted molar refractivity (Wildman–Crippen MR) is 144 cm³/mol. The Hall–Kier alpha value is -3.13. The van der Waals surface area contributed by atoms with Gasteiger partial charge in [-0.25, -0.2) is 9.18 Å². The van der Waals surface area contributed by atoms with Crippen LogP contribution in [0.5, 0.6) is 5.75 Å². The highest BCUT2D eigenvalue weighted by atomic mass is 19.1. The molecule has 0 atom stereocenters. The average molecular weight is 517 g/mol. The SMILES string of the molecule is CCCc1cc(-c2ccccc2F)c(OCCCOC)cc1C(=O)NC(C)(C)CNC(=O)OC(C)(C)C. The van der Waals surface area contributed by atoms with Gasteiger partial charge in [0.15, 0.2) is 0 Å². The van der Waals surface area contributed by atoms with Crippen LogP contribution in [-0.2, 0) is 15.9 Å². The monoisotopic (exact) mass is 516 g/mol. The molecule has 0 aromatic heterocycles. The van der Waals surface area contributed by atoms with E-state index in [-0.39, 0.29) is 18.3 Å². The summed E-state index contributed by atoms with van der Waals surface area (Å²) in [5.74, 6) is -0.240. The van der Waals surface area contributed by atoms with Crippen LogP contribution >= 0.6 is 0 Å². The first-order chi connectivity index (χ1) is 17.4. The molecule has 0 aliphatic carbocycles. The normalized spacial score (nSPS) is 11.7. The van der Waals surface area contributed by atoms with Gasteiger partial charge in [-0.15, -0.1) is 0 Å². The molecule has 8 heteroatoms. The van der Waals surface area contributed by atoms with Crippen molar-refractivity contribution in [3.05, 3.63) is 53.3 Å². The minimum absolute atomic E-state index is 0.171. The number of aryl methyl sites for hydroxylation is 1. The lowest BCUT2D eigenvalue weighted by atomic mass is 9.94. The van der Waals surface area contributed by atoms with Gasteiger partial charge in [-0.3, -0.25) is 4.79 Å². The van der Waals surface area contributed by atoms with Crippen LogP contribution in [0.15, 0.2) is 36.4 Å². The summed E-state index contributed by atoms with van der Waals surface area (Å²) in [5.41, 5.74) is 0.872. The molecular weight excluding hydrogens is 475 g/mol. The molecule has 0 bridgehead atoms. The largest absolute Gasteiger partial charge is 0.493 e. The Balaban J connectivity index is 2.36. The molecule has 37 heavy (non-hydrogen) atoms. The van der Waals surface area contributed by atoms with E-state index in [2.05, 4.69) is 10.6 Å². The van der Waals surface area contributed by atoms with Crippen molar-refractivity contribution >= 4 is 12.0 Å². The molecule has 0 aliphatic rings. The zero-order chi connectivity index (χ0) is 27.6. The highest BCUT2D eigenvalue weighted by Crippen LogP contribution is 2.35.